The molecule has 6 nitrogen and oxygen atoms in total. The van der Waals surface area contributed by atoms with Gasteiger partial charge in [0.25, 0.3) is 0 Å². The van der Waals surface area contributed by atoms with E-state index in [1.165, 1.54) is 89.9 Å². The van der Waals surface area contributed by atoms with Gasteiger partial charge in [0.2, 0.25) is 0 Å². The molecule has 0 saturated heterocycles. The van der Waals surface area contributed by atoms with Gasteiger partial charge in [-0.25, -0.2) is 0 Å². The number of ether oxygens (including phenoxy) is 3. The lowest BCUT2D eigenvalue weighted by molar-refractivity contribution is -0.167. The number of esters is 3. The minimum Gasteiger partial charge on any atom is -0.462 e. The fraction of sp³-hybridized carbons (Fsp3) is 0.657. The Hall–Kier alpha value is -4.19. The molecule has 0 rings (SSSR count). The van der Waals surface area contributed by atoms with Crippen LogP contribution >= 0.6 is 0 Å². The minimum absolute atomic E-state index is 0.103. The Kier molecular flexibility index (Phi) is 56.9. The molecule has 0 amide bonds. The Bertz CT molecular complexity index is 1540. The van der Waals surface area contributed by atoms with Crippen LogP contribution in [0.25, 0.3) is 0 Å². The Morgan fingerprint density at radius 3 is 0.863 bits per heavy atom. The van der Waals surface area contributed by atoms with Gasteiger partial charge in [-0.1, -0.05) is 258 Å². The topological polar surface area (TPSA) is 78.9 Å². The molecular formula is C67H110O6. The predicted octanol–water partition coefficient (Wildman–Crippen LogP) is 20.4. The number of hydrogen-bond acceptors (Lipinski definition) is 6. The standard InChI is InChI=1S/C67H110O6/c1-4-7-10-13-16-19-22-25-28-31-32-33-34-37-39-42-45-48-51-54-57-60-66(69)72-63-64(73-67(70)61-58-55-52-49-46-43-40-36-30-27-24-21-18-15-12-9-6-3)62-71-65(68)59-56-53-50-47-44-41-38-35-29-26-23-20-17-14-11-8-5-2/h7,9-10,12,16,18-19,21,25,27-28,30,32-33,37,39-40,43,45,48,64H,4-6,8,11,13-15,17,20,22-24,26,29,31,34-36,38,41-42,44,46-47,49-63H2,1-3H3/b10-7-,12-9-,19-16-,21-18-,28-25-,30-27-,33-32-,39-37-,43-40-,48-45-. The Morgan fingerprint density at radius 1 is 0.288 bits per heavy atom. The third-order valence-corrected chi connectivity index (χ3v) is 12.5. The second kappa shape index (κ2) is 60.4. The second-order valence-corrected chi connectivity index (χ2v) is 19.5. The summed E-state index contributed by atoms with van der Waals surface area (Å²) in [6.07, 6.45) is 83.3. The summed E-state index contributed by atoms with van der Waals surface area (Å²) in [5.74, 6) is -0.969. The molecule has 0 N–H and O–H groups in total. The lowest BCUT2D eigenvalue weighted by atomic mass is 10.0. The van der Waals surface area contributed by atoms with Crippen LogP contribution in [0.2, 0.25) is 0 Å². The van der Waals surface area contributed by atoms with E-state index in [2.05, 4.69) is 142 Å². The maximum Gasteiger partial charge on any atom is 0.306 e. The molecule has 6 heteroatoms. The van der Waals surface area contributed by atoms with Crippen LogP contribution in [0.1, 0.15) is 265 Å². The summed E-state index contributed by atoms with van der Waals surface area (Å²) in [7, 11) is 0. The first-order valence-corrected chi connectivity index (χ1v) is 30.0. The average Bonchev–Trinajstić information content (AvgIpc) is 3.39. The van der Waals surface area contributed by atoms with E-state index in [0.29, 0.717) is 19.3 Å². The third-order valence-electron chi connectivity index (χ3n) is 12.5. The predicted molar refractivity (Wildman–Crippen MR) is 316 cm³/mol. The van der Waals surface area contributed by atoms with Gasteiger partial charge in [-0.2, -0.15) is 0 Å². The van der Waals surface area contributed by atoms with E-state index in [-0.39, 0.29) is 37.5 Å². The van der Waals surface area contributed by atoms with E-state index in [4.69, 9.17) is 14.2 Å². The van der Waals surface area contributed by atoms with Crippen LogP contribution < -0.4 is 0 Å². The van der Waals surface area contributed by atoms with Gasteiger partial charge in [-0.05, 0) is 109 Å². The zero-order valence-electron chi connectivity index (χ0n) is 47.4. The highest BCUT2D eigenvalue weighted by atomic mass is 16.6. The molecule has 0 saturated carbocycles. The van der Waals surface area contributed by atoms with Crippen LogP contribution in [-0.4, -0.2) is 37.2 Å². The van der Waals surface area contributed by atoms with Crippen LogP contribution in [0.4, 0.5) is 0 Å². The monoisotopic (exact) mass is 1010 g/mol. The molecule has 0 aliphatic rings. The molecule has 0 aromatic heterocycles. The van der Waals surface area contributed by atoms with Gasteiger partial charge in [-0.15, -0.1) is 0 Å². The van der Waals surface area contributed by atoms with Crippen LogP contribution in [0.15, 0.2) is 122 Å². The molecule has 0 aromatic rings. The molecule has 0 aliphatic carbocycles. The van der Waals surface area contributed by atoms with Gasteiger partial charge in [0, 0.05) is 19.3 Å². The second-order valence-electron chi connectivity index (χ2n) is 19.5. The Labute approximate surface area is 450 Å². The number of unbranched alkanes of at least 4 members (excludes halogenated alkanes) is 22. The Morgan fingerprint density at radius 2 is 0.534 bits per heavy atom. The van der Waals surface area contributed by atoms with Crippen molar-refractivity contribution in [2.75, 3.05) is 13.2 Å². The normalized spacial score (nSPS) is 13.0. The van der Waals surface area contributed by atoms with Crippen LogP contribution in [0.3, 0.4) is 0 Å². The fourth-order valence-electron chi connectivity index (χ4n) is 8.03. The highest BCUT2D eigenvalue weighted by molar-refractivity contribution is 5.71. The minimum atomic E-state index is -0.812. The van der Waals surface area contributed by atoms with Crippen molar-refractivity contribution in [3.8, 4) is 0 Å². The highest BCUT2D eigenvalue weighted by Gasteiger charge is 2.19. The van der Waals surface area contributed by atoms with Crippen molar-refractivity contribution in [2.45, 2.75) is 271 Å². The summed E-state index contributed by atoms with van der Waals surface area (Å²) in [6.45, 7) is 6.37. The van der Waals surface area contributed by atoms with E-state index in [1.807, 2.05) is 0 Å². The molecule has 0 fully saturated rings. The zero-order chi connectivity index (χ0) is 52.9. The Balaban J connectivity index is 4.51. The molecule has 0 bridgehead atoms. The van der Waals surface area contributed by atoms with Crippen LogP contribution in [-0.2, 0) is 28.6 Å². The quantitative estimate of drug-likeness (QED) is 0.0261. The first kappa shape index (κ1) is 68.8. The summed E-state index contributed by atoms with van der Waals surface area (Å²) < 4.78 is 16.8. The largest absolute Gasteiger partial charge is 0.462 e. The maximum atomic E-state index is 12.9. The number of allylic oxidation sites excluding steroid dienone is 20. The summed E-state index contributed by atoms with van der Waals surface area (Å²) in [5.41, 5.74) is 0. The number of rotatable bonds is 53. The van der Waals surface area contributed by atoms with Gasteiger partial charge < -0.3 is 14.2 Å². The third kappa shape index (κ3) is 58.6. The van der Waals surface area contributed by atoms with Gasteiger partial charge in [0.15, 0.2) is 6.10 Å². The molecule has 1 atom stereocenters. The summed E-state index contributed by atoms with van der Waals surface area (Å²) >= 11 is 0. The van der Waals surface area contributed by atoms with E-state index < -0.39 is 6.10 Å². The summed E-state index contributed by atoms with van der Waals surface area (Å²) in [4.78, 5) is 38.2. The van der Waals surface area contributed by atoms with Gasteiger partial charge in [0.05, 0.1) is 0 Å². The first-order chi connectivity index (χ1) is 36.0. The molecule has 414 valence electrons. The van der Waals surface area contributed by atoms with Crippen LogP contribution in [0.5, 0.6) is 0 Å². The van der Waals surface area contributed by atoms with Crippen molar-refractivity contribution < 1.29 is 28.6 Å². The number of carbonyl (C=O) groups is 3. The lowest BCUT2D eigenvalue weighted by Gasteiger charge is -2.18. The molecule has 0 radical (unpaired) electrons. The van der Waals surface area contributed by atoms with E-state index in [9.17, 15) is 14.4 Å². The first-order valence-electron chi connectivity index (χ1n) is 30.0. The van der Waals surface area contributed by atoms with Gasteiger partial charge in [0.1, 0.15) is 13.2 Å². The van der Waals surface area contributed by atoms with Gasteiger partial charge in [-0.3, -0.25) is 14.4 Å². The molecule has 0 aromatic carbocycles. The van der Waals surface area contributed by atoms with Crippen molar-refractivity contribution in [2.24, 2.45) is 0 Å². The molecule has 0 spiro atoms. The average molecular weight is 1010 g/mol. The molecular weight excluding hydrogens is 901 g/mol. The number of hydrogen-bond donors (Lipinski definition) is 0. The number of carbonyl (C=O) groups excluding carboxylic acids is 3. The van der Waals surface area contributed by atoms with E-state index >= 15 is 0 Å². The van der Waals surface area contributed by atoms with Crippen molar-refractivity contribution in [1.29, 1.82) is 0 Å². The highest BCUT2D eigenvalue weighted by Crippen LogP contribution is 2.15. The van der Waals surface area contributed by atoms with Crippen molar-refractivity contribution >= 4 is 17.9 Å². The smallest absolute Gasteiger partial charge is 0.306 e. The molecule has 0 heterocycles. The van der Waals surface area contributed by atoms with Crippen molar-refractivity contribution in [1.82, 2.24) is 0 Å². The van der Waals surface area contributed by atoms with E-state index in [1.54, 1.807) is 0 Å². The zero-order valence-corrected chi connectivity index (χ0v) is 47.4. The van der Waals surface area contributed by atoms with Crippen molar-refractivity contribution in [3.63, 3.8) is 0 Å². The van der Waals surface area contributed by atoms with Crippen LogP contribution in [0, 0.1) is 0 Å². The molecule has 73 heavy (non-hydrogen) atoms. The lowest BCUT2D eigenvalue weighted by Crippen LogP contribution is -2.30. The van der Waals surface area contributed by atoms with E-state index in [0.717, 1.165) is 128 Å². The van der Waals surface area contributed by atoms with Crippen molar-refractivity contribution in [3.05, 3.63) is 122 Å². The molecule has 0 aliphatic heterocycles. The van der Waals surface area contributed by atoms with Gasteiger partial charge >= 0.3 is 17.9 Å². The SMILES string of the molecule is CC/C=C\C/C=C\C/C=C\C/C=C\C/C=C\C/C=C\CCCCC(=O)OCC(COC(=O)CCCCCCCCCCCCCCCCCCC)OC(=O)CCCCCC/C=C\C/C=C\C/C=C\C/C=C\CC. The summed E-state index contributed by atoms with van der Waals surface area (Å²) in [5, 5.41) is 0. The molecule has 1 unspecified atom stereocenters. The fourth-order valence-corrected chi connectivity index (χ4v) is 8.03. The maximum absolute atomic E-state index is 12.9. The summed E-state index contributed by atoms with van der Waals surface area (Å²) in [6, 6.07) is 0.